The van der Waals surface area contributed by atoms with Crippen LogP contribution in [-0.2, 0) is 18.9 Å². The number of amides is 1. The van der Waals surface area contributed by atoms with Crippen LogP contribution in [0, 0.1) is 20.8 Å². The molecule has 188 valence electrons. The number of carbonyl (C=O) groups is 1. The predicted octanol–water partition coefficient (Wildman–Crippen LogP) is 4.10. The predicted molar refractivity (Wildman–Crippen MR) is 141 cm³/mol. The van der Waals surface area contributed by atoms with Gasteiger partial charge in [0.15, 0.2) is 17.1 Å². The van der Waals surface area contributed by atoms with E-state index in [1.165, 1.54) is 22.0 Å². The summed E-state index contributed by atoms with van der Waals surface area (Å²) in [4.78, 5) is 25.8. The fraction of sp³-hybridized carbons (Fsp3) is 0.308. The summed E-state index contributed by atoms with van der Waals surface area (Å²) in [5.41, 5.74) is 3.74. The summed E-state index contributed by atoms with van der Waals surface area (Å²) in [7, 11) is 3.63. The molecule has 4 aromatic rings. The SMILES string of the molecule is Cc1ccc(OC(C)c2nnc(SCC(=O)Nc3c(C)n(C)n(-c4ccccc4)c3=O)n2C)cc1C. The number of rotatable bonds is 8. The van der Waals surface area contributed by atoms with Gasteiger partial charge in [0.05, 0.1) is 17.1 Å². The Hall–Kier alpha value is -3.79. The van der Waals surface area contributed by atoms with Crippen molar-refractivity contribution in [2.24, 2.45) is 14.1 Å². The van der Waals surface area contributed by atoms with Crippen molar-refractivity contribution in [1.82, 2.24) is 24.1 Å². The van der Waals surface area contributed by atoms with Crippen LogP contribution in [0.4, 0.5) is 5.69 Å². The van der Waals surface area contributed by atoms with Crippen LogP contribution >= 0.6 is 11.8 Å². The number of nitrogens with one attached hydrogen (secondary N) is 1. The van der Waals surface area contributed by atoms with Crippen LogP contribution in [0.15, 0.2) is 58.5 Å². The quantitative estimate of drug-likeness (QED) is 0.362. The maximum Gasteiger partial charge on any atom is 0.295 e. The fourth-order valence-corrected chi connectivity index (χ4v) is 4.59. The minimum absolute atomic E-state index is 0.0808. The smallest absolute Gasteiger partial charge is 0.295 e. The number of hydrogen-bond donors (Lipinski definition) is 1. The normalized spacial score (nSPS) is 11.9. The second kappa shape index (κ2) is 10.4. The molecule has 2 aromatic carbocycles. The Morgan fingerprint density at radius 3 is 2.47 bits per heavy atom. The molecule has 0 saturated heterocycles. The largest absolute Gasteiger partial charge is 0.483 e. The first-order chi connectivity index (χ1) is 17.2. The van der Waals surface area contributed by atoms with Gasteiger partial charge in [0.25, 0.3) is 5.56 Å². The molecular weight excluding hydrogens is 476 g/mol. The second-order valence-corrected chi connectivity index (χ2v) is 9.62. The number of nitrogens with zero attached hydrogens (tertiary/aromatic N) is 5. The lowest BCUT2D eigenvalue weighted by atomic mass is 10.1. The highest BCUT2D eigenvalue weighted by atomic mass is 32.2. The van der Waals surface area contributed by atoms with Gasteiger partial charge in [0, 0.05) is 14.1 Å². The average molecular weight is 507 g/mol. The molecule has 9 nitrogen and oxygen atoms in total. The van der Waals surface area contributed by atoms with Crippen LogP contribution in [0.1, 0.15) is 35.7 Å². The monoisotopic (exact) mass is 506 g/mol. The maximum atomic E-state index is 13.0. The molecular formula is C26H30N6O3S. The first-order valence-corrected chi connectivity index (χ1v) is 12.6. The zero-order chi connectivity index (χ0) is 26.0. The van der Waals surface area contributed by atoms with Crippen LogP contribution in [0.5, 0.6) is 5.75 Å². The van der Waals surface area contributed by atoms with Gasteiger partial charge < -0.3 is 14.6 Å². The second-order valence-electron chi connectivity index (χ2n) is 8.68. The third kappa shape index (κ3) is 5.08. The third-order valence-electron chi connectivity index (χ3n) is 6.17. The van der Waals surface area contributed by atoms with E-state index < -0.39 is 0 Å². The summed E-state index contributed by atoms with van der Waals surface area (Å²) in [5.74, 6) is 1.20. The lowest BCUT2D eigenvalue weighted by Gasteiger charge is -2.15. The molecule has 1 unspecified atom stereocenters. The number of aryl methyl sites for hydroxylation is 2. The number of carbonyl (C=O) groups excluding carboxylic acids is 1. The Bertz CT molecular complexity index is 1450. The molecule has 36 heavy (non-hydrogen) atoms. The molecule has 0 aliphatic heterocycles. The number of aromatic nitrogens is 5. The average Bonchev–Trinajstić information content (AvgIpc) is 3.32. The van der Waals surface area contributed by atoms with Gasteiger partial charge in [-0.2, -0.15) is 0 Å². The molecule has 10 heteroatoms. The minimum Gasteiger partial charge on any atom is -0.483 e. The van der Waals surface area contributed by atoms with Crippen molar-refractivity contribution in [3.05, 3.63) is 81.5 Å². The van der Waals surface area contributed by atoms with Gasteiger partial charge in [-0.25, -0.2) is 4.68 Å². The van der Waals surface area contributed by atoms with Crippen molar-refractivity contribution in [2.45, 2.75) is 39.0 Å². The summed E-state index contributed by atoms with van der Waals surface area (Å²) in [6, 6.07) is 15.3. The van der Waals surface area contributed by atoms with Crippen molar-refractivity contribution in [3.8, 4) is 11.4 Å². The third-order valence-corrected chi connectivity index (χ3v) is 7.19. The van der Waals surface area contributed by atoms with E-state index in [0.717, 1.165) is 17.0 Å². The van der Waals surface area contributed by atoms with E-state index in [2.05, 4.69) is 22.4 Å². The first-order valence-electron chi connectivity index (χ1n) is 11.6. The molecule has 0 saturated carbocycles. The lowest BCUT2D eigenvalue weighted by Crippen LogP contribution is -2.23. The van der Waals surface area contributed by atoms with E-state index in [0.29, 0.717) is 16.7 Å². The Labute approximate surface area is 214 Å². The molecule has 0 radical (unpaired) electrons. The molecule has 1 amide bonds. The van der Waals surface area contributed by atoms with E-state index in [1.54, 1.807) is 18.7 Å². The highest BCUT2D eigenvalue weighted by molar-refractivity contribution is 7.99. The summed E-state index contributed by atoms with van der Waals surface area (Å²) in [5, 5.41) is 11.9. The van der Waals surface area contributed by atoms with Crippen molar-refractivity contribution < 1.29 is 9.53 Å². The van der Waals surface area contributed by atoms with E-state index in [4.69, 9.17) is 4.74 Å². The zero-order valence-corrected chi connectivity index (χ0v) is 22.1. The first kappa shape index (κ1) is 25.3. The topological polar surface area (TPSA) is 96.0 Å². The van der Waals surface area contributed by atoms with Gasteiger partial charge in [0.2, 0.25) is 5.91 Å². The van der Waals surface area contributed by atoms with Gasteiger partial charge in [-0.05, 0) is 63.1 Å². The van der Waals surface area contributed by atoms with Crippen LogP contribution in [0.3, 0.4) is 0 Å². The molecule has 2 heterocycles. The molecule has 0 fully saturated rings. The molecule has 1 N–H and O–H groups in total. The van der Waals surface area contributed by atoms with Crippen molar-refractivity contribution in [2.75, 3.05) is 11.1 Å². The molecule has 1 atom stereocenters. The zero-order valence-electron chi connectivity index (χ0n) is 21.3. The lowest BCUT2D eigenvalue weighted by molar-refractivity contribution is -0.113. The van der Waals surface area contributed by atoms with Gasteiger partial charge in [-0.15, -0.1) is 10.2 Å². The standard InChI is InChI=1S/C26H30N6O3S/c1-16-12-13-21(14-17(16)2)35-19(4)24-28-29-26(30(24)5)36-15-22(33)27-23-18(3)31(6)32(25(23)34)20-10-8-7-9-11-20/h7-14,19H,15H2,1-6H3,(H,27,33). The van der Waals surface area contributed by atoms with Crippen LogP contribution < -0.4 is 15.6 Å². The van der Waals surface area contributed by atoms with Crippen LogP contribution in [0.25, 0.3) is 5.69 Å². The highest BCUT2D eigenvalue weighted by Gasteiger charge is 2.21. The number of anilines is 1. The van der Waals surface area contributed by atoms with E-state index >= 15 is 0 Å². The molecule has 2 aromatic heterocycles. The van der Waals surface area contributed by atoms with Gasteiger partial charge in [-0.3, -0.25) is 14.3 Å². The summed E-state index contributed by atoms with van der Waals surface area (Å²) < 4.78 is 11.1. The fourth-order valence-electron chi connectivity index (χ4n) is 3.87. The molecule has 0 aliphatic carbocycles. The molecule has 0 bridgehead atoms. The number of benzene rings is 2. The summed E-state index contributed by atoms with van der Waals surface area (Å²) in [6.07, 6.45) is -0.323. The maximum absolute atomic E-state index is 13.0. The molecule has 0 spiro atoms. The number of para-hydroxylation sites is 1. The van der Waals surface area contributed by atoms with E-state index in [1.807, 2.05) is 74.0 Å². The van der Waals surface area contributed by atoms with Crippen molar-refractivity contribution in [3.63, 3.8) is 0 Å². The Kier molecular flexibility index (Phi) is 7.35. The van der Waals surface area contributed by atoms with E-state index in [9.17, 15) is 9.59 Å². The van der Waals surface area contributed by atoms with Crippen molar-refractivity contribution in [1.29, 1.82) is 0 Å². The minimum atomic E-state index is -0.323. The van der Waals surface area contributed by atoms with Crippen molar-refractivity contribution >= 4 is 23.4 Å². The van der Waals surface area contributed by atoms with Gasteiger partial charge in [-0.1, -0.05) is 36.0 Å². The summed E-state index contributed by atoms with van der Waals surface area (Å²) in [6.45, 7) is 7.82. The van der Waals surface area contributed by atoms with Gasteiger partial charge in [0.1, 0.15) is 11.4 Å². The Balaban J connectivity index is 1.42. The molecule has 4 rings (SSSR count). The summed E-state index contributed by atoms with van der Waals surface area (Å²) >= 11 is 1.25. The molecule has 0 aliphatic rings. The number of ether oxygens (including phenoxy) is 1. The van der Waals surface area contributed by atoms with Gasteiger partial charge >= 0.3 is 0 Å². The van der Waals surface area contributed by atoms with E-state index in [-0.39, 0.29) is 29.0 Å². The van der Waals surface area contributed by atoms with Crippen LogP contribution in [0.2, 0.25) is 0 Å². The Morgan fingerprint density at radius 2 is 1.78 bits per heavy atom. The highest BCUT2D eigenvalue weighted by Crippen LogP contribution is 2.25. The Morgan fingerprint density at radius 1 is 1.06 bits per heavy atom. The number of thioether (sulfide) groups is 1. The van der Waals surface area contributed by atoms with Crippen LogP contribution in [-0.4, -0.2) is 35.8 Å². The number of hydrogen-bond acceptors (Lipinski definition) is 6.